The smallest absolute Gasteiger partial charge is 0.407 e. The molecule has 0 spiro atoms. The van der Waals surface area contributed by atoms with Crippen LogP contribution in [-0.4, -0.2) is 73.1 Å². The van der Waals surface area contributed by atoms with Gasteiger partial charge in [0.05, 0.1) is 26.0 Å². The van der Waals surface area contributed by atoms with E-state index in [2.05, 4.69) is 10.3 Å². The number of morpholine rings is 1. The van der Waals surface area contributed by atoms with Crippen LogP contribution in [0.3, 0.4) is 0 Å². The Balaban J connectivity index is 1.59. The molecule has 4 rings (SSSR count). The highest BCUT2D eigenvalue weighted by Crippen LogP contribution is 2.40. The van der Waals surface area contributed by atoms with Gasteiger partial charge in [-0.2, -0.15) is 0 Å². The molecule has 10 heteroatoms. The van der Waals surface area contributed by atoms with Gasteiger partial charge in [-0.25, -0.2) is 9.78 Å². The number of carboxylic acid groups (broad SMARTS) is 1. The van der Waals surface area contributed by atoms with Crippen LogP contribution < -0.4 is 19.5 Å². The Bertz CT molecular complexity index is 965. The van der Waals surface area contributed by atoms with Crippen molar-refractivity contribution in [1.29, 1.82) is 0 Å². The highest BCUT2D eigenvalue weighted by molar-refractivity contribution is 5.95. The van der Waals surface area contributed by atoms with E-state index < -0.39 is 18.1 Å². The lowest BCUT2D eigenvalue weighted by atomic mass is 10.1. The van der Waals surface area contributed by atoms with E-state index in [1.165, 1.54) is 7.11 Å². The first kappa shape index (κ1) is 19.8. The second kappa shape index (κ2) is 8.46. The number of aromatic nitrogens is 1. The third-order valence-electron chi connectivity index (χ3n) is 4.75. The van der Waals surface area contributed by atoms with Gasteiger partial charge in [0.2, 0.25) is 5.88 Å². The van der Waals surface area contributed by atoms with Gasteiger partial charge in [0.15, 0.2) is 17.6 Å². The number of nitrogens with zero attached hydrogens (tertiary/aromatic N) is 2. The van der Waals surface area contributed by atoms with Crippen LogP contribution in [0.4, 0.5) is 10.5 Å². The maximum absolute atomic E-state index is 12.7. The Kier molecular flexibility index (Phi) is 5.57. The van der Waals surface area contributed by atoms with Gasteiger partial charge >= 0.3 is 6.09 Å². The molecule has 3 heterocycles. The Morgan fingerprint density at radius 3 is 2.87 bits per heavy atom. The zero-order chi connectivity index (χ0) is 21.1. The summed E-state index contributed by atoms with van der Waals surface area (Å²) >= 11 is 0. The lowest BCUT2D eigenvalue weighted by Crippen LogP contribution is -2.49. The van der Waals surface area contributed by atoms with Crippen molar-refractivity contribution >= 4 is 17.7 Å². The Labute approximate surface area is 172 Å². The number of carbonyl (C=O) groups excluding carboxylic acids is 1. The predicted octanol–water partition coefficient (Wildman–Crippen LogP) is 1.85. The summed E-state index contributed by atoms with van der Waals surface area (Å²) in [6.45, 7) is 1.25. The number of fused-ring (bicyclic) bond motifs is 1. The standard InChI is InChI=1S/C20H21N3O7/c1-27-17-10-12(21-19(24)16-11-23(20(25)26)5-6-28-16)9-14(22-17)13-3-2-4-15-18(13)30-8-7-29-15/h2-4,9-10,16H,5-8,11H2,1H3,(H,25,26)(H,21,22,24)/t16-/m0/s1. The Morgan fingerprint density at radius 1 is 1.23 bits per heavy atom. The lowest BCUT2D eigenvalue weighted by Gasteiger charge is -2.30. The van der Waals surface area contributed by atoms with E-state index >= 15 is 0 Å². The summed E-state index contributed by atoms with van der Waals surface area (Å²) in [6, 6.07) is 8.75. The van der Waals surface area contributed by atoms with Crippen LogP contribution in [0.2, 0.25) is 0 Å². The van der Waals surface area contributed by atoms with Crippen molar-refractivity contribution < 1.29 is 33.6 Å². The quantitative estimate of drug-likeness (QED) is 0.776. The van der Waals surface area contributed by atoms with Crippen molar-refractivity contribution in [2.24, 2.45) is 0 Å². The number of methoxy groups -OCH3 is 1. The molecule has 1 aromatic carbocycles. The van der Waals surface area contributed by atoms with Crippen molar-refractivity contribution in [2.75, 3.05) is 45.3 Å². The van der Waals surface area contributed by atoms with Crippen molar-refractivity contribution in [2.45, 2.75) is 6.10 Å². The zero-order valence-electron chi connectivity index (χ0n) is 16.3. The fourth-order valence-electron chi connectivity index (χ4n) is 3.30. The molecule has 0 radical (unpaired) electrons. The number of pyridine rings is 1. The minimum absolute atomic E-state index is 0.0341. The summed E-state index contributed by atoms with van der Waals surface area (Å²) in [5, 5.41) is 11.9. The molecule has 0 saturated carbocycles. The number of nitrogens with one attached hydrogen (secondary N) is 1. The number of ether oxygens (including phenoxy) is 4. The number of hydrogen-bond donors (Lipinski definition) is 2. The van der Waals surface area contributed by atoms with Gasteiger partial charge in [0.25, 0.3) is 5.91 Å². The van der Waals surface area contributed by atoms with Crippen molar-refractivity contribution in [3.8, 4) is 28.6 Å². The number of rotatable bonds is 4. The van der Waals surface area contributed by atoms with Crippen LogP contribution in [0.15, 0.2) is 30.3 Å². The maximum Gasteiger partial charge on any atom is 0.407 e. The molecular weight excluding hydrogens is 394 g/mol. The van der Waals surface area contributed by atoms with Crippen molar-refractivity contribution in [3.63, 3.8) is 0 Å². The zero-order valence-corrected chi connectivity index (χ0v) is 16.3. The third-order valence-corrected chi connectivity index (χ3v) is 4.75. The predicted molar refractivity (Wildman–Crippen MR) is 105 cm³/mol. The summed E-state index contributed by atoms with van der Waals surface area (Å²) in [4.78, 5) is 29.4. The van der Waals surface area contributed by atoms with Crippen molar-refractivity contribution in [1.82, 2.24) is 9.88 Å². The Morgan fingerprint density at radius 2 is 2.07 bits per heavy atom. The van der Waals surface area contributed by atoms with E-state index in [-0.39, 0.29) is 19.7 Å². The van der Waals surface area contributed by atoms with Gasteiger partial charge in [-0.3, -0.25) is 4.79 Å². The molecule has 2 N–H and O–H groups in total. The molecule has 0 aliphatic carbocycles. The SMILES string of the molecule is COc1cc(NC(=O)[C@@H]2CN(C(=O)O)CCO2)cc(-c2cccc3c2OCCO3)n1. The average Bonchev–Trinajstić information content (AvgIpc) is 2.78. The highest BCUT2D eigenvalue weighted by atomic mass is 16.6. The number of benzene rings is 1. The maximum atomic E-state index is 12.7. The van der Waals surface area contributed by atoms with Gasteiger partial charge in [0.1, 0.15) is 13.2 Å². The Hall–Kier alpha value is -3.53. The van der Waals surface area contributed by atoms with Gasteiger partial charge in [-0.1, -0.05) is 6.07 Å². The van der Waals surface area contributed by atoms with E-state index in [9.17, 15) is 9.59 Å². The van der Waals surface area contributed by atoms with Gasteiger partial charge in [-0.05, 0) is 18.2 Å². The van der Waals surface area contributed by atoms with E-state index in [0.29, 0.717) is 47.5 Å². The molecule has 1 saturated heterocycles. The van der Waals surface area contributed by atoms with E-state index in [0.717, 1.165) is 4.90 Å². The monoisotopic (exact) mass is 415 g/mol. The number of para-hydroxylation sites is 1. The van der Waals surface area contributed by atoms with E-state index in [1.807, 2.05) is 18.2 Å². The van der Waals surface area contributed by atoms with Crippen LogP contribution in [0.25, 0.3) is 11.3 Å². The van der Waals surface area contributed by atoms with Gasteiger partial charge < -0.3 is 34.3 Å². The molecular formula is C20H21N3O7. The van der Waals surface area contributed by atoms with Gasteiger partial charge in [0, 0.05) is 23.9 Å². The normalized spacial score (nSPS) is 17.9. The molecule has 1 atom stereocenters. The fraction of sp³-hybridized carbons (Fsp3) is 0.350. The summed E-state index contributed by atoms with van der Waals surface area (Å²) < 4.78 is 22.1. The highest BCUT2D eigenvalue weighted by Gasteiger charge is 2.29. The molecule has 2 aliphatic heterocycles. The minimum atomic E-state index is -1.08. The second-order valence-corrected chi connectivity index (χ2v) is 6.69. The largest absolute Gasteiger partial charge is 0.486 e. The molecule has 0 unspecified atom stereocenters. The number of amides is 2. The fourth-order valence-corrected chi connectivity index (χ4v) is 3.30. The molecule has 2 aromatic rings. The summed E-state index contributed by atoms with van der Waals surface area (Å²) in [6.07, 6.45) is -1.99. The second-order valence-electron chi connectivity index (χ2n) is 6.69. The summed E-state index contributed by atoms with van der Waals surface area (Å²) in [5.74, 6) is 1.05. The van der Waals surface area contributed by atoms with E-state index in [1.54, 1.807) is 12.1 Å². The molecule has 158 valence electrons. The number of carbonyl (C=O) groups is 2. The summed E-state index contributed by atoms with van der Waals surface area (Å²) in [5.41, 5.74) is 1.67. The first-order valence-corrected chi connectivity index (χ1v) is 9.40. The van der Waals surface area contributed by atoms with Crippen LogP contribution in [-0.2, 0) is 9.53 Å². The van der Waals surface area contributed by atoms with Crippen molar-refractivity contribution in [3.05, 3.63) is 30.3 Å². The molecule has 2 aliphatic rings. The van der Waals surface area contributed by atoms with Crippen LogP contribution in [0, 0.1) is 0 Å². The first-order chi connectivity index (χ1) is 14.5. The minimum Gasteiger partial charge on any atom is -0.486 e. The number of anilines is 1. The molecule has 1 aromatic heterocycles. The lowest BCUT2D eigenvalue weighted by molar-refractivity contribution is -0.131. The van der Waals surface area contributed by atoms with Gasteiger partial charge in [-0.15, -0.1) is 0 Å². The molecule has 1 fully saturated rings. The molecule has 30 heavy (non-hydrogen) atoms. The molecule has 0 bridgehead atoms. The van der Waals surface area contributed by atoms with Crippen LogP contribution in [0.1, 0.15) is 0 Å². The van der Waals surface area contributed by atoms with Crippen LogP contribution in [0.5, 0.6) is 17.4 Å². The molecule has 2 amide bonds. The first-order valence-electron chi connectivity index (χ1n) is 9.40. The summed E-state index contributed by atoms with van der Waals surface area (Å²) in [7, 11) is 1.48. The molecule has 10 nitrogen and oxygen atoms in total. The topological polar surface area (TPSA) is 119 Å². The number of hydrogen-bond acceptors (Lipinski definition) is 7. The third kappa shape index (κ3) is 4.08. The average molecular weight is 415 g/mol. The van der Waals surface area contributed by atoms with E-state index in [4.69, 9.17) is 24.1 Å². The van der Waals surface area contributed by atoms with Crippen LogP contribution >= 0.6 is 0 Å².